The van der Waals surface area contributed by atoms with Crippen molar-refractivity contribution in [3.05, 3.63) is 34.9 Å². The van der Waals surface area contributed by atoms with Crippen LogP contribution in [0.1, 0.15) is 0 Å². The van der Waals surface area contributed by atoms with Gasteiger partial charge in [0.2, 0.25) is 11.8 Å². The normalized spacial score (nSPS) is 10.6. The van der Waals surface area contributed by atoms with Gasteiger partial charge in [0.05, 0.1) is 6.20 Å². The van der Waals surface area contributed by atoms with Gasteiger partial charge < -0.3 is 10.1 Å². The van der Waals surface area contributed by atoms with Gasteiger partial charge in [0, 0.05) is 11.5 Å². The maximum atomic E-state index is 5.78. The molecule has 2 aromatic heterocycles. The topological polar surface area (TPSA) is 75.7 Å². The molecule has 96 valence electrons. The third kappa shape index (κ3) is 2.37. The molecule has 0 aliphatic heterocycles. The molecule has 0 fully saturated rings. The number of ether oxygens (including phenoxy) is 1. The minimum atomic E-state index is 0.463. The molecule has 3 rings (SSSR count). The summed E-state index contributed by atoms with van der Waals surface area (Å²) >= 11 is 3.38. The second-order valence-corrected chi connectivity index (χ2v) is 4.71. The summed E-state index contributed by atoms with van der Waals surface area (Å²) < 4.78 is 6.77. The van der Waals surface area contributed by atoms with Crippen molar-refractivity contribution in [2.24, 2.45) is 0 Å². The van der Waals surface area contributed by atoms with Gasteiger partial charge in [-0.2, -0.15) is 15.1 Å². The smallest absolute Gasteiger partial charge is 0.235 e. The molecule has 0 amide bonds. The molecule has 0 spiro atoms. The molecule has 2 heterocycles. The van der Waals surface area contributed by atoms with Gasteiger partial charge >= 0.3 is 0 Å². The summed E-state index contributed by atoms with van der Waals surface area (Å²) in [6, 6.07) is 7.53. The van der Waals surface area contributed by atoms with Gasteiger partial charge in [-0.3, -0.25) is 5.10 Å². The lowest BCUT2D eigenvalue weighted by molar-refractivity contribution is 0.469. The minimum absolute atomic E-state index is 0.463. The van der Waals surface area contributed by atoms with Gasteiger partial charge in [0.15, 0.2) is 5.65 Å². The maximum absolute atomic E-state index is 5.78. The number of fused-ring (bicyclic) bond motifs is 1. The summed E-state index contributed by atoms with van der Waals surface area (Å²) in [4.78, 5) is 8.54. The largest absolute Gasteiger partial charge is 0.438 e. The Morgan fingerprint density at radius 2 is 2.00 bits per heavy atom. The van der Waals surface area contributed by atoms with Crippen LogP contribution in [0.25, 0.3) is 11.0 Å². The Kier molecular flexibility index (Phi) is 3.04. The van der Waals surface area contributed by atoms with Crippen molar-refractivity contribution in [3.8, 4) is 11.6 Å². The summed E-state index contributed by atoms with van der Waals surface area (Å²) in [6.07, 6.45) is 1.64. The highest BCUT2D eigenvalue weighted by molar-refractivity contribution is 9.10. The molecule has 7 heteroatoms. The average Bonchev–Trinajstić information content (AvgIpc) is 2.89. The zero-order valence-corrected chi connectivity index (χ0v) is 11.6. The lowest BCUT2D eigenvalue weighted by atomic mass is 10.3. The van der Waals surface area contributed by atoms with E-state index in [0.29, 0.717) is 23.2 Å². The van der Waals surface area contributed by atoms with Crippen LogP contribution in [-0.4, -0.2) is 27.2 Å². The molecule has 0 saturated carbocycles. The standard InChI is InChI=1S/C12H10BrN5O/c1-14-12-16-10-9(6-15-18-10)11(17-12)19-8-4-2-7(13)3-5-8/h2-6H,1H3,(H2,14,15,16,17,18). The van der Waals surface area contributed by atoms with Crippen molar-refractivity contribution in [1.29, 1.82) is 0 Å². The molecule has 0 aliphatic carbocycles. The molecule has 6 nitrogen and oxygen atoms in total. The summed E-state index contributed by atoms with van der Waals surface area (Å²) in [6.45, 7) is 0. The molecule has 0 atom stereocenters. The summed E-state index contributed by atoms with van der Waals surface area (Å²) in [5.74, 6) is 1.64. The second-order valence-electron chi connectivity index (χ2n) is 3.79. The second kappa shape index (κ2) is 4.85. The first kappa shape index (κ1) is 11.9. The van der Waals surface area contributed by atoms with E-state index >= 15 is 0 Å². The SMILES string of the molecule is CNc1nc(Oc2ccc(Br)cc2)c2cn[nH]c2n1. The van der Waals surface area contributed by atoms with Crippen LogP contribution in [0.2, 0.25) is 0 Å². The van der Waals surface area contributed by atoms with Crippen LogP contribution in [0.5, 0.6) is 11.6 Å². The van der Waals surface area contributed by atoms with E-state index in [2.05, 4.69) is 41.4 Å². The number of halogens is 1. The van der Waals surface area contributed by atoms with Crippen LogP contribution in [0.4, 0.5) is 5.95 Å². The van der Waals surface area contributed by atoms with Gasteiger partial charge in [-0.25, -0.2) is 0 Å². The first-order valence-electron chi connectivity index (χ1n) is 5.58. The van der Waals surface area contributed by atoms with Gasteiger partial charge in [-0.1, -0.05) is 15.9 Å². The van der Waals surface area contributed by atoms with Crippen molar-refractivity contribution in [3.63, 3.8) is 0 Å². The van der Waals surface area contributed by atoms with Gasteiger partial charge in [0.1, 0.15) is 11.1 Å². The van der Waals surface area contributed by atoms with E-state index in [4.69, 9.17) is 4.74 Å². The van der Waals surface area contributed by atoms with Gasteiger partial charge in [-0.05, 0) is 24.3 Å². The number of nitrogens with one attached hydrogen (secondary N) is 2. The average molecular weight is 320 g/mol. The highest BCUT2D eigenvalue weighted by atomic mass is 79.9. The predicted octanol–water partition coefficient (Wildman–Crippen LogP) is 2.95. The van der Waals surface area contributed by atoms with Crippen LogP contribution in [0.3, 0.4) is 0 Å². The van der Waals surface area contributed by atoms with Crippen molar-refractivity contribution >= 4 is 32.9 Å². The number of hydrogen-bond acceptors (Lipinski definition) is 5. The van der Waals surface area contributed by atoms with Crippen LogP contribution in [0, 0.1) is 0 Å². The number of rotatable bonds is 3. The fourth-order valence-electron chi connectivity index (χ4n) is 1.61. The van der Waals surface area contributed by atoms with Crippen LogP contribution in [-0.2, 0) is 0 Å². The molecule has 3 aromatic rings. The lowest BCUT2D eigenvalue weighted by Gasteiger charge is -2.07. The number of anilines is 1. The number of hydrogen-bond donors (Lipinski definition) is 2. The Bertz CT molecular complexity index is 710. The zero-order chi connectivity index (χ0) is 13.2. The Labute approximate surface area is 117 Å². The number of aromatic amines is 1. The number of benzene rings is 1. The van der Waals surface area contributed by atoms with E-state index in [-0.39, 0.29) is 0 Å². The molecule has 0 aliphatic rings. The van der Waals surface area contributed by atoms with Crippen LogP contribution >= 0.6 is 15.9 Å². The van der Waals surface area contributed by atoms with Gasteiger partial charge in [-0.15, -0.1) is 0 Å². The molecule has 0 unspecified atom stereocenters. The van der Waals surface area contributed by atoms with E-state index < -0.39 is 0 Å². The van der Waals surface area contributed by atoms with E-state index in [9.17, 15) is 0 Å². The van der Waals surface area contributed by atoms with E-state index in [0.717, 1.165) is 9.86 Å². The number of aromatic nitrogens is 4. The highest BCUT2D eigenvalue weighted by Crippen LogP contribution is 2.28. The van der Waals surface area contributed by atoms with Crippen molar-refractivity contribution in [1.82, 2.24) is 20.2 Å². The Morgan fingerprint density at radius 3 is 2.74 bits per heavy atom. The number of H-pyrrole nitrogens is 1. The summed E-state index contributed by atoms with van der Waals surface area (Å²) in [7, 11) is 1.75. The monoisotopic (exact) mass is 319 g/mol. The first-order valence-corrected chi connectivity index (χ1v) is 6.38. The van der Waals surface area contributed by atoms with Gasteiger partial charge in [0.25, 0.3) is 0 Å². The van der Waals surface area contributed by atoms with Crippen molar-refractivity contribution in [2.45, 2.75) is 0 Å². The molecule has 0 radical (unpaired) electrons. The fraction of sp³-hybridized carbons (Fsp3) is 0.0833. The third-order valence-corrected chi connectivity index (χ3v) is 3.06. The van der Waals surface area contributed by atoms with Crippen LogP contribution in [0.15, 0.2) is 34.9 Å². The lowest BCUT2D eigenvalue weighted by Crippen LogP contribution is -1.98. The van der Waals surface area contributed by atoms with Crippen LogP contribution < -0.4 is 10.1 Å². The third-order valence-electron chi connectivity index (χ3n) is 2.53. The van der Waals surface area contributed by atoms with Crippen molar-refractivity contribution < 1.29 is 4.74 Å². The van der Waals surface area contributed by atoms with Crippen molar-refractivity contribution in [2.75, 3.05) is 12.4 Å². The molecular weight excluding hydrogens is 310 g/mol. The van der Waals surface area contributed by atoms with E-state index in [1.54, 1.807) is 13.2 Å². The molecular formula is C12H10BrN5O. The number of nitrogens with zero attached hydrogens (tertiary/aromatic N) is 3. The maximum Gasteiger partial charge on any atom is 0.235 e. The minimum Gasteiger partial charge on any atom is -0.438 e. The summed E-state index contributed by atoms with van der Waals surface area (Å²) in [5, 5.41) is 10.4. The zero-order valence-electron chi connectivity index (χ0n) is 10.0. The molecule has 2 N–H and O–H groups in total. The molecule has 19 heavy (non-hydrogen) atoms. The summed E-state index contributed by atoms with van der Waals surface area (Å²) in [5.41, 5.74) is 0.631. The highest BCUT2D eigenvalue weighted by Gasteiger charge is 2.10. The molecule has 0 saturated heterocycles. The van der Waals surface area contributed by atoms with E-state index in [1.807, 2.05) is 24.3 Å². The molecule has 1 aromatic carbocycles. The molecule has 0 bridgehead atoms. The Hall–Kier alpha value is -2.15. The predicted molar refractivity (Wildman–Crippen MR) is 75.4 cm³/mol. The Balaban J connectivity index is 2.03. The first-order chi connectivity index (χ1) is 9.26. The Morgan fingerprint density at radius 1 is 1.21 bits per heavy atom. The fourth-order valence-corrected chi connectivity index (χ4v) is 1.88. The quantitative estimate of drug-likeness (QED) is 0.776. The van der Waals surface area contributed by atoms with E-state index in [1.165, 1.54) is 0 Å².